The molecule has 1 fully saturated rings. The van der Waals surface area contributed by atoms with Gasteiger partial charge in [-0.2, -0.15) is 0 Å². The molecule has 1 saturated heterocycles. The molecule has 152 valence electrons. The Balaban J connectivity index is 1.65. The smallest absolute Gasteiger partial charge is 0.274 e. The van der Waals surface area contributed by atoms with Gasteiger partial charge in [-0.25, -0.2) is 4.98 Å². The summed E-state index contributed by atoms with van der Waals surface area (Å²) in [5, 5.41) is 0. The number of likely N-dealkylation sites (tertiary alicyclic amines) is 1. The minimum atomic E-state index is -0.834. The van der Waals surface area contributed by atoms with Crippen molar-refractivity contribution in [1.29, 1.82) is 0 Å². The van der Waals surface area contributed by atoms with Crippen LogP contribution in [-0.4, -0.2) is 44.8 Å². The third-order valence-electron chi connectivity index (χ3n) is 5.71. The number of carbonyl (C=O) groups excluding carboxylic acids is 2. The molecular weight excluding hydrogens is 378 g/mol. The molecule has 3 heterocycles. The number of pyridine rings is 1. The predicted molar refractivity (Wildman–Crippen MR) is 112 cm³/mol. The predicted octanol–water partition coefficient (Wildman–Crippen LogP) is 2.49. The minimum Gasteiger partial charge on any atom is -0.369 e. The second-order valence-electron chi connectivity index (χ2n) is 7.64. The van der Waals surface area contributed by atoms with Crippen molar-refractivity contribution in [3.8, 4) is 11.1 Å². The van der Waals surface area contributed by atoms with E-state index in [0.717, 1.165) is 16.7 Å². The third kappa shape index (κ3) is 3.91. The first-order chi connectivity index (χ1) is 14.6. The zero-order valence-electron chi connectivity index (χ0n) is 16.6. The standard InChI is InChI=1S/C23H23N5O2/c24-22(30)23(8-3-13-28(16-23)21(29)20-15-26-11-12-27-20)14-18-4-1-2-5-19(18)17-6-9-25-10-7-17/h1-2,4-7,9-12,15H,3,8,13-14,16H2,(H2,24,30). The van der Waals surface area contributed by atoms with Crippen LogP contribution in [0.2, 0.25) is 0 Å². The van der Waals surface area contributed by atoms with Gasteiger partial charge < -0.3 is 10.6 Å². The molecule has 4 rings (SSSR count). The molecule has 2 N–H and O–H groups in total. The molecule has 0 radical (unpaired) electrons. The van der Waals surface area contributed by atoms with Crippen molar-refractivity contribution in [2.24, 2.45) is 11.1 Å². The van der Waals surface area contributed by atoms with E-state index >= 15 is 0 Å². The van der Waals surface area contributed by atoms with Gasteiger partial charge in [0.25, 0.3) is 5.91 Å². The van der Waals surface area contributed by atoms with Crippen LogP contribution in [0.1, 0.15) is 28.9 Å². The summed E-state index contributed by atoms with van der Waals surface area (Å²) in [6, 6.07) is 11.9. The number of rotatable bonds is 5. The highest BCUT2D eigenvalue weighted by atomic mass is 16.2. The first-order valence-electron chi connectivity index (χ1n) is 9.93. The van der Waals surface area contributed by atoms with Gasteiger partial charge in [-0.15, -0.1) is 0 Å². The van der Waals surface area contributed by atoms with Crippen molar-refractivity contribution < 1.29 is 9.59 Å². The van der Waals surface area contributed by atoms with Crippen molar-refractivity contribution in [3.05, 3.63) is 78.6 Å². The Kier molecular flexibility index (Phi) is 5.52. The van der Waals surface area contributed by atoms with Crippen LogP contribution in [0.5, 0.6) is 0 Å². The first-order valence-corrected chi connectivity index (χ1v) is 9.93. The summed E-state index contributed by atoms with van der Waals surface area (Å²) in [4.78, 5) is 39.4. The monoisotopic (exact) mass is 401 g/mol. The van der Waals surface area contributed by atoms with Gasteiger partial charge in [0.2, 0.25) is 5.91 Å². The maximum Gasteiger partial charge on any atom is 0.274 e. The number of hydrogen-bond acceptors (Lipinski definition) is 5. The van der Waals surface area contributed by atoms with Gasteiger partial charge in [0, 0.05) is 37.9 Å². The number of carbonyl (C=O) groups is 2. The zero-order chi connectivity index (χ0) is 21.0. The number of nitrogens with zero attached hydrogens (tertiary/aromatic N) is 4. The molecule has 3 aromatic rings. The van der Waals surface area contributed by atoms with Crippen LogP contribution in [0.25, 0.3) is 11.1 Å². The van der Waals surface area contributed by atoms with Crippen LogP contribution in [0, 0.1) is 5.41 Å². The van der Waals surface area contributed by atoms with E-state index in [9.17, 15) is 9.59 Å². The van der Waals surface area contributed by atoms with E-state index in [1.165, 1.54) is 18.6 Å². The van der Waals surface area contributed by atoms with Crippen LogP contribution in [0.3, 0.4) is 0 Å². The Hall–Kier alpha value is -3.61. The Morgan fingerprint density at radius 2 is 1.83 bits per heavy atom. The van der Waals surface area contributed by atoms with E-state index < -0.39 is 5.41 Å². The Bertz CT molecular complexity index is 1040. The van der Waals surface area contributed by atoms with Gasteiger partial charge >= 0.3 is 0 Å². The second kappa shape index (κ2) is 8.41. The number of piperidine rings is 1. The highest BCUT2D eigenvalue weighted by molar-refractivity contribution is 5.93. The summed E-state index contributed by atoms with van der Waals surface area (Å²) in [7, 11) is 0. The lowest BCUT2D eigenvalue weighted by Gasteiger charge is -2.41. The highest BCUT2D eigenvalue weighted by Crippen LogP contribution is 2.37. The molecular formula is C23H23N5O2. The quantitative estimate of drug-likeness (QED) is 0.708. The van der Waals surface area contributed by atoms with E-state index in [0.29, 0.717) is 25.8 Å². The topological polar surface area (TPSA) is 102 Å². The van der Waals surface area contributed by atoms with Gasteiger partial charge in [-0.3, -0.25) is 19.6 Å². The molecule has 7 heteroatoms. The van der Waals surface area contributed by atoms with Crippen molar-refractivity contribution in [1.82, 2.24) is 19.9 Å². The van der Waals surface area contributed by atoms with Crippen LogP contribution in [0.4, 0.5) is 0 Å². The van der Waals surface area contributed by atoms with Crippen LogP contribution in [-0.2, 0) is 11.2 Å². The van der Waals surface area contributed by atoms with Gasteiger partial charge in [0.05, 0.1) is 11.6 Å². The molecule has 0 spiro atoms. The molecule has 0 saturated carbocycles. The largest absolute Gasteiger partial charge is 0.369 e. The molecule has 1 aliphatic heterocycles. The maximum atomic E-state index is 12.9. The number of amides is 2. The Morgan fingerprint density at radius 3 is 2.57 bits per heavy atom. The maximum absolute atomic E-state index is 12.9. The SMILES string of the molecule is NC(=O)C1(Cc2ccccc2-c2ccncc2)CCCN(C(=O)c2cnccn2)C1. The van der Waals surface area contributed by atoms with Crippen LogP contribution < -0.4 is 5.73 Å². The van der Waals surface area contributed by atoms with Crippen LogP contribution >= 0.6 is 0 Å². The molecule has 30 heavy (non-hydrogen) atoms. The molecule has 1 aromatic carbocycles. The summed E-state index contributed by atoms with van der Waals surface area (Å²) >= 11 is 0. The van der Waals surface area contributed by atoms with Crippen molar-refractivity contribution in [3.63, 3.8) is 0 Å². The first kappa shape index (κ1) is 19.7. The van der Waals surface area contributed by atoms with Gasteiger partial charge in [0.15, 0.2) is 0 Å². The van der Waals surface area contributed by atoms with E-state index in [-0.39, 0.29) is 24.1 Å². The minimum absolute atomic E-state index is 0.226. The lowest BCUT2D eigenvalue weighted by Crippen LogP contribution is -2.53. The molecule has 1 atom stereocenters. The van der Waals surface area contributed by atoms with E-state index in [1.54, 1.807) is 17.3 Å². The fraction of sp³-hybridized carbons (Fsp3) is 0.261. The molecule has 2 amide bonds. The molecule has 0 aliphatic carbocycles. The van der Waals surface area contributed by atoms with E-state index in [2.05, 4.69) is 15.0 Å². The highest BCUT2D eigenvalue weighted by Gasteiger charge is 2.43. The lowest BCUT2D eigenvalue weighted by atomic mass is 9.73. The zero-order valence-corrected chi connectivity index (χ0v) is 16.6. The Labute approximate surface area is 175 Å². The van der Waals surface area contributed by atoms with E-state index in [4.69, 9.17) is 5.73 Å². The number of nitrogens with two attached hydrogens (primary N) is 1. The van der Waals surface area contributed by atoms with Crippen LogP contribution in [0.15, 0.2) is 67.4 Å². The average molecular weight is 401 g/mol. The van der Waals surface area contributed by atoms with Gasteiger partial charge in [0.1, 0.15) is 5.69 Å². The molecule has 1 unspecified atom stereocenters. The number of primary amides is 1. The average Bonchev–Trinajstić information content (AvgIpc) is 2.80. The molecule has 0 bridgehead atoms. The summed E-state index contributed by atoms with van der Waals surface area (Å²) in [6.45, 7) is 0.832. The normalized spacial score (nSPS) is 18.7. The summed E-state index contributed by atoms with van der Waals surface area (Å²) in [5.41, 5.74) is 8.46. The molecule has 1 aliphatic rings. The number of aromatic nitrogens is 3. The summed E-state index contributed by atoms with van der Waals surface area (Å²) in [5.74, 6) is -0.612. The van der Waals surface area contributed by atoms with Crippen molar-refractivity contribution >= 4 is 11.8 Å². The third-order valence-corrected chi connectivity index (χ3v) is 5.71. The Morgan fingerprint density at radius 1 is 1.03 bits per heavy atom. The van der Waals surface area contributed by atoms with Crippen molar-refractivity contribution in [2.75, 3.05) is 13.1 Å². The second-order valence-corrected chi connectivity index (χ2v) is 7.64. The lowest BCUT2D eigenvalue weighted by molar-refractivity contribution is -0.130. The molecule has 7 nitrogen and oxygen atoms in total. The van der Waals surface area contributed by atoms with Crippen molar-refractivity contribution in [2.45, 2.75) is 19.3 Å². The summed E-state index contributed by atoms with van der Waals surface area (Å²) in [6.07, 6.45) is 9.76. The summed E-state index contributed by atoms with van der Waals surface area (Å²) < 4.78 is 0. The molecule has 2 aromatic heterocycles. The van der Waals surface area contributed by atoms with Gasteiger partial charge in [-0.05, 0) is 48.1 Å². The fourth-order valence-corrected chi connectivity index (χ4v) is 4.16. The number of benzene rings is 1. The number of hydrogen-bond donors (Lipinski definition) is 1. The fourth-order valence-electron chi connectivity index (χ4n) is 4.16. The van der Waals surface area contributed by atoms with E-state index in [1.807, 2.05) is 36.4 Å². The van der Waals surface area contributed by atoms with Gasteiger partial charge in [-0.1, -0.05) is 24.3 Å².